The minimum Gasteiger partial charge on any atom is -0.0720 e. The number of unbranched alkanes of at least 4 members (excludes halogenated alkanes) is 1. The molecule has 0 bridgehead atoms. The molecule has 0 fully saturated rings. The van der Waals surface area contributed by atoms with Gasteiger partial charge < -0.3 is 0 Å². The molecule has 0 aromatic heterocycles. The zero-order valence-corrected chi connectivity index (χ0v) is 8.74. The van der Waals surface area contributed by atoms with Gasteiger partial charge in [0.1, 0.15) is 0 Å². The number of hydrogen-bond donors (Lipinski definition) is 0. The molecule has 0 spiro atoms. The minimum absolute atomic E-state index is 0.650. The Labute approximate surface area is 56.9 Å². The average molecular weight is 145 g/mol. The summed E-state index contributed by atoms with van der Waals surface area (Å²) in [5, 5.41) is 0. The van der Waals surface area contributed by atoms with Crippen LogP contribution in [0.5, 0.6) is 0 Å². The minimum atomic E-state index is -0.650. The second kappa shape index (κ2) is 3.46. The summed E-state index contributed by atoms with van der Waals surface area (Å²) in [5.41, 5.74) is 0. The van der Waals surface area contributed by atoms with Crippen LogP contribution in [0.1, 0.15) is 19.8 Å². The molecule has 49 valence electrons. The van der Waals surface area contributed by atoms with Gasteiger partial charge in [0.25, 0.3) is 0 Å². The third-order valence-electron chi connectivity index (χ3n) is 1.21. The fraction of sp³-hybridized carbons (Fsp3) is 1.00. The van der Waals surface area contributed by atoms with E-state index in [1.165, 1.54) is 18.9 Å². The molecule has 0 aromatic rings. The third-order valence-corrected chi connectivity index (χ3v) is 3.97. The summed E-state index contributed by atoms with van der Waals surface area (Å²) in [4.78, 5) is 0. The highest BCUT2D eigenvalue weighted by atomic mass is 29.2. The van der Waals surface area contributed by atoms with Gasteiger partial charge in [0, 0.05) is 17.4 Å². The van der Waals surface area contributed by atoms with Gasteiger partial charge in [-0.2, -0.15) is 0 Å². The van der Waals surface area contributed by atoms with Crippen LogP contribution in [0.4, 0.5) is 0 Å². The van der Waals surface area contributed by atoms with E-state index in [9.17, 15) is 0 Å². The van der Waals surface area contributed by atoms with Crippen LogP contribution in [0.25, 0.3) is 0 Å². The summed E-state index contributed by atoms with van der Waals surface area (Å²) in [6.07, 6.45) is 2.82. The lowest BCUT2D eigenvalue weighted by Gasteiger charge is -2.13. The van der Waals surface area contributed by atoms with Crippen molar-refractivity contribution in [3.05, 3.63) is 0 Å². The normalized spacial score (nSPS) is 12.0. The SMILES string of the molecule is CCCC[Si](C)(C)[SiH2]. The Morgan fingerprint density at radius 2 is 1.88 bits per heavy atom. The van der Waals surface area contributed by atoms with Crippen molar-refractivity contribution in [2.75, 3.05) is 0 Å². The van der Waals surface area contributed by atoms with E-state index in [0.717, 1.165) is 0 Å². The van der Waals surface area contributed by atoms with Crippen molar-refractivity contribution >= 4 is 17.4 Å². The molecule has 2 heteroatoms. The lowest BCUT2D eigenvalue weighted by Crippen LogP contribution is -2.25. The van der Waals surface area contributed by atoms with E-state index in [1.54, 1.807) is 0 Å². The van der Waals surface area contributed by atoms with Gasteiger partial charge in [-0.3, -0.25) is 0 Å². The Kier molecular flexibility index (Phi) is 3.65. The summed E-state index contributed by atoms with van der Waals surface area (Å²) in [6, 6.07) is 1.52. The van der Waals surface area contributed by atoms with Gasteiger partial charge in [-0.1, -0.05) is 38.9 Å². The first kappa shape index (κ1) is 8.43. The Hall–Kier alpha value is 0.434. The zero-order chi connectivity index (χ0) is 6.62. The van der Waals surface area contributed by atoms with E-state index in [0.29, 0.717) is 0 Å². The fourth-order valence-corrected chi connectivity index (χ4v) is 2.72. The molecule has 0 nitrogen and oxygen atoms in total. The molecule has 0 amide bonds. The van der Waals surface area contributed by atoms with Crippen molar-refractivity contribution in [3.8, 4) is 0 Å². The second-order valence-electron chi connectivity index (χ2n) is 3.27. The summed E-state index contributed by atoms with van der Waals surface area (Å²) >= 11 is 0. The predicted octanol–water partition coefficient (Wildman–Crippen LogP) is 1.62. The molecule has 0 heterocycles. The second-order valence-corrected chi connectivity index (χ2v) is 13.8. The summed E-state index contributed by atoms with van der Waals surface area (Å²) in [5.74, 6) is 0. The van der Waals surface area contributed by atoms with Crippen molar-refractivity contribution in [1.29, 1.82) is 0 Å². The molecule has 0 aliphatic heterocycles. The molecule has 0 aliphatic rings. The van der Waals surface area contributed by atoms with Gasteiger partial charge in [0.05, 0.1) is 0 Å². The highest BCUT2D eigenvalue weighted by molar-refractivity contribution is 7.15. The smallest absolute Gasteiger partial charge is 0.0307 e. The van der Waals surface area contributed by atoms with E-state index < -0.39 is 7.59 Å². The first-order valence-electron chi connectivity index (χ1n) is 3.41. The topological polar surface area (TPSA) is 0 Å². The molecule has 0 atom stereocenters. The van der Waals surface area contributed by atoms with E-state index in [-0.39, 0.29) is 0 Å². The first-order valence-corrected chi connectivity index (χ1v) is 8.95. The van der Waals surface area contributed by atoms with Gasteiger partial charge in [0.15, 0.2) is 0 Å². The Balaban J connectivity index is 3.11. The van der Waals surface area contributed by atoms with Crippen molar-refractivity contribution in [2.24, 2.45) is 0 Å². The molecule has 0 rings (SSSR count). The standard InChI is InChI=1S/C6H17Si2/c1-4-5-6-8(2,3)7/h4-7H2,1-3H3. The van der Waals surface area contributed by atoms with Crippen LogP contribution in [0, 0.1) is 0 Å². The summed E-state index contributed by atoms with van der Waals surface area (Å²) in [6.45, 7) is 7.16. The molecule has 0 aromatic carbocycles. The maximum Gasteiger partial charge on any atom is 0.0307 e. The van der Waals surface area contributed by atoms with Crippen LogP contribution in [0.3, 0.4) is 0 Å². The van der Waals surface area contributed by atoms with Gasteiger partial charge in [-0.05, 0) is 0 Å². The van der Waals surface area contributed by atoms with Crippen LogP contribution in [-0.2, 0) is 0 Å². The Morgan fingerprint density at radius 3 is 2.00 bits per heavy atom. The highest BCUT2D eigenvalue weighted by Gasteiger charge is 2.10. The lowest BCUT2D eigenvalue weighted by molar-refractivity contribution is 0.873. The molecule has 0 N–H and O–H groups in total. The van der Waals surface area contributed by atoms with Gasteiger partial charge in [0.2, 0.25) is 0 Å². The van der Waals surface area contributed by atoms with Crippen molar-refractivity contribution in [1.82, 2.24) is 0 Å². The van der Waals surface area contributed by atoms with E-state index in [2.05, 4.69) is 29.8 Å². The maximum absolute atomic E-state index is 2.45. The van der Waals surface area contributed by atoms with E-state index in [4.69, 9.17) is 0 Å². The molecule has 0 saturated heterocycles. The lowest BCUT2D eigenvalue weighted by atomic mass is 10.4. The van der Waals surface area contributed by atoms with Crippen LogP contribution < -0.4 is 0 Å². The molecule has 0 unspecified atom stereocenters. The molecular formula is C6H17Si2. The molecule has 0 aliphatic carbocycles. The van der Waals surface area contributed by atoms with E-state index >= 15 is 0 Å². The Bertz CT molecular complexity index is 54.0. The van der Waals surface area contributed by atoms with Gasteiger partial charge in [-0.25, -0.2) is 0 Å². The third kappa shape index (κ3) is 6.43. The molecular weight excluding hydrogens is 128 g/mol. The first-order chi connectivity index (χ1) is 3.56. The summed E-state index contributed by atoms with van der Waals surface area (Å²) in [7, 11) is 1.59. The molecule has 0 saturated carbocycles. The monoisotopic (exact) mass is 145 g/mol. The van der Waals surface area contributed by atoms with Gasteiger partial charge >= 0.3 is 0 Å². The predicted molar refractivity (Wildman–Crippen MR) is 45.7 cm³/mol. The summed E-state index contributed by atoms with van der Waals surface area (Å²) < 4.78 is 0. The van der Waals surface area contributed by atoms with Crippen molar-refractivity contribution in [2.45, 2.75) is 38.9 Å². The maximum atomic E-state index is 2.45. The quantitative estimate of drug-likeness (QED) is 0.530. The zero-order valence-electron chi connectivity index (χ0n) is 6.33. The van der Waals surface area contributed by atoms with Crippen LogP contribution in [-0.4, -0.2) is 17.4 Å². The van der Waals surface area contributed by atoms with Crippen LogP contribution >= 0.6 is 0 Å². The number of rotatable bonds is 3. The average Bonchev–Trinajstić information content (AvgIpc) is 1.59. The number of hydrogen-bond acceptors (Lipinski definition) is 0. The van der Waals surface area contributed by atoms with Crippen LogP contribution in [0.2, 0.25) is 19.1 Å². The van der Waals surface area contributed by atoms with E-state index in [1.807, 2.05) is 0 Å². The molecule has 1 radical (unpaired) electrons. The fourth-order valence-electron chi connectivity index (χ4n) is 0.655. The van der Waals surface area contributed by atoms with Gasteiger partial charge in [-0.15, -0.1) is 0 Å². The Morgan fingerprint density at radius 1 is 1.38 bits per heavy atom. The highest BCUT2D eigenvalue weighted by Crippen LogP contribution is 2.08. The largest absolute Gasteiger partial charge is 0.0720 e. The van der Waals surface area contributed by atoms with Crippen molar-refractivity contribution < 1.29 is 0 Å². The molecule has 8 heavy (non-hydrogen) atoms. The van der Waals surface area contributed by atoms with Crippen molar-refractivity contribution in [3.63, 3.8) is 0 Å². The van der Waals surface area contributed by atoms with Crippen LogP contribution in [0.15, 0.2) is 0 Å².